The number of carbonyl (C=O) groups is 2. The largest absolute Gasteiger partial charge is 0.334 e. The van der Waals surface area contributed by atoms with Crippen LogP contribution >= 0.6 is 0 Å². The average Bonchev–Trinajstić information content (AvgIpc) is 2.68. The number of anilines is 1. The first-order chi connectivity index (χ1) is 9.35. The van der Waals surface area contributed by atoms with Gasteiger partial charge in [-0.05, 0) is 32.9 Å². The van der Waals surface area contributed by atoms with Crippen molar-refractivity contribution in [2.75, 3.05) is 11.4 Å². The van der Waals surface area contributed by atoms with E-state index in [2.05, 4.69) is 10.6 Å². The minimum atomic E-state index is -0.286. The summed E-state index contributed by atoms with van der Waals surface area (Å²) in [6, 6.07) is 9.13. The molecule has 1 aromatic carbocycles. The molecule has 3 amide bonds. The normalized spacial score (nSPS) is 19.1. The number of carbonyl (C=O) groups excluding carboxylic acids is 2. The van der Waals surface area contributed by atoms with E-state index in [1.54, 1.807) is 4.90 Å². The van der Waals surface area contributed by atoms with E-state index in [-0.39, 0.29) is 23.5 Å². The Morgan fingerprint density at radius 2 is 1.90 bits per heavy atom. The second-order valence-electron chi connectivity index (χ2n) is 6.09. The van der Waals surface area contributed by atoms with E-state index in [1.807, 2.05) is 51.1 Å². The first-order valence-corrected chi connectivity index (χ1v) is 6.79. The molecule has 0 spiro atoms. The Hall–Kier alpha value is -2.04. The molecule has 1 aliphatic heterocycles. The molecule has 0 radical (unpaired) electrons. The van der Waals surface area contributed by atoms with Crippen LogP contribution in [0.1, 0.15) is 27.2 Å². The van der Waals surface area contributed by atoms with Gasteiger partial charge in [0.2, 0.25) is 5.91 Å². The Morgan fingerprint density at radius 1 is 1.25 bits per heavy atom. The van der Waals surface area contributed by atoms with Crippen molar-refractivity contribution in [3.63, 3.8) is 0 Å². The number of nitrogens with one attached hydrogen (secondary N) is 2. The van der Waals surface area contributed by atoms with E-state index in [9.17, 15) is 9.59 Å². The van der Waals surface area contributed by atoms with E-state index in [1.165, 1.54) is 0 Å². The van der Waals surface area contributed by atoms with Crippen molar-refractivity contribution in [1.82, 2.24) is 10.6 Å². The van der Waals surface area contributed by atoms with Crippen molar-refractivity contribution >= 4 is 17.6 Å². The van der Waals surface area contributed by atoms with Gasteiger partial charge >= 0.3 is 6.03 Å². The molecular weight excluding hydrogens is 254 g/mol. The Labute approximate surface area is 119 Å². The minimum absolute atomic E-state index is 0.0391. The van der Waals surface area contributed by atoms with Crippen molar-refractivity contribution in [1.29, 1.82) is 0 Å². The van der Waals surface area contributed by atoms with Gasteiger partial charge in [-0.3, -0.25) is 4.79 Å². The van der Waals surface area contributed by atoms with E-state index in [0.29, 0.717) is 13.0 Å². The zero-order chi connectivity index (χ0) is 14.8. The lowest BCUT2D eigenvalue weighted by atomic mass is 10.1. The fourth-order valence-electron chi connectivity index (χ4n) is 2.22. The predicted octanol–water partition coefficient (Wildman–Crippen LogP) is 1.89. The molecule has 1 saturated heterocycles. The molecular formula is C15H21N3O2. The van der Waals surface area contributed by atoms with Gasteiger partial charge in [0.1, 0.15) is 0 Å². The smallest absolute Gasteiger partial charge is 0.315 e. The molecule has 0 bridgehead atoms. The number of nitrogens with zero attached hydrogens (tertiary/aromatic N) is 1. The van der Waals surface area contributed by atoms with Crippen molar-refractivity contribution < 1.29 is 9.59 Å². The van der Waals surface area contributed by atoms with E-state index >= 15 is 0 Å². The Kier molecular flexibility index (Phi) is 3.97. The van der Waals surface area contributed by atoms with E-state index in [0.717, 1.165) is 5.69 Å². The molecule has 1 aromatic rings. The highest BCUT2D eigenvalue weighted by Crippen LogP contribution is 2.20. The zero-order valence-corrected chi connectivity index (χ0v) is 12.1. The van der Waals surface area contributed by atoms with Gasteiger partial charge in [0.25, 0.3) is 0 Å². The molecule has 0 aromatic heterocycles. The van der Waals surface area contributed by atoms with Crippen molar-refractivity contribution in [2.45, 2.75) is 38.8 Å². The molecule has 5 nitrogen and oxygen atoms in total. The summed E-state index contributed by atoms with van der Waals surface area (Å²) < 4.78 is 0. The monoisotopic (exact) mass is 275 g/mol. The van der Waals surface area contributed by atoms with Crippen LogP contribution in [0.25, 0.3) is 0 Å². The Balaban J connectivity index is 1.94. The first kappa shape index (κ1) is 14.4. The van der Waals surface area contributed by atoms with Gasteiger partial charge in [0, 0.05) is 24.2 Å². The van der Waals surface area contributed by atoms with Gasteiger partial charge in [0.15, 0.2) is 0 Å². The SMILES string of the molecule is CC(C)(C)NC(=O)NC1CC(=O)N(c2ccccc2)C1. The van der Waals surface area contributed by atoms with Crippen LogP contribution in [0.2, 0.25) is 0 Å². The predicted molar refractivity (Wildman–Crippen MR) is 78.6 cm³/mol. The van der Waals surface area contributed by atoms with Crippen LogP contribution in [-0.4, -0.2) is 30.1 Å². The fraction of sp³-hybridized carbons (Fsp3) is 0.467. The molecule has 1 atom stereocenters. The van der Waals surface area contributed by atoms with Gasteiger partial charge < -0.3 is 15.5 Å². The van der Waals surface area contributed by atoms with Crippen molar-refractivity contribution in [2.24, 2.45) is 0 Å². The van der Waals surface area contributed by atoms with Crippen LogP contribution in [0.4, 0.5) is 10.5 Å². The number of rotatable bonds is 2. The third-order valence-electron chi connectivity index (χ3n) is 3.02. The minimum Gasteiger partial charge on any atom is -0.334 e. The maximum absolute atomic E-state index is 12.0. The lowest BCUT2D eigenvalue weighted by molar-refractivity contribution is -0.117. The summed E-state index contributed by atoms with van der Waals surface area (Å²) in [6.07, 6.45) is 0.340. The Morgan fingerprint density at radius 3 is 2.50 bits per heavy atom. The third-order valence-corrected chi connectivity index (χ3v) is 3.02. The molecule has 1 unspecified atom stereocenters. The molecule has 108 valence electrons. The topological polar surface area (TPSA) is 61.4 Å². The molecule has 20 heavy (non-hydrogen) atoms. The average molecular weight is 275 g/mol. The standard InChI is InChI=1S/C15H21N3O2/c1-15(2,3)17-14(20)16-11-9-13(19)18(10-11)12-7-5-4-6-8-12/h4-8,11H,9-10H2,1-3H3,(H2,16,17,20). The molecule has 2 rings (SSSR count). The quantitative estimate of drug-likeness (QED) is 0.866. The fourth-order valence-corrected chi connectivity index (χ4v) is 2.22. The maximum atomic E-state index is 12.0. The van der Waals surface area contributed by atoms with Gasteiger partial charge in [-0.2, -0.15) is 0 Å². The summed E-state index contributed by atoms with van der Waals surface area (Å²) >= 11 is 0. The molecule has 5 heteroatoms. The van der Waals surface area contributed by atoms with Crippen molar-refractivity contribution in [3.8, 4) is 0 Å². The zero-order valence-electron chi connectivity index (χ0n) is 12.1. The van der Waals surface area contributed by atoms with Crippen LogP contribution in [0.5, 0.6) is 0 Å². The van der Waals surface area contributed by atoms with Crippen LogP contribution in [0.15, 0.2) is 30.3 Å². The van der Waals surface area contributed by atoms with E-state index < -0.39 is 0 Å². The number of benzene rings is 1. The summed E-state index contributed by atoms with van der Waals surface area (Å²) in [5, 5.41) is 5.69. The number of amides is 3. The molecule has 1 heterocycles. The first-order valence-electron chi connectivity index (χ1n) is 6.79. The number of para-hydroxylation sites is 1. The molecule has 0 aliphatic carbocycles. The Bertz CT molecular complexity index is 494. The summed E-state index contributed by atoms with van der Waals surface area (Å²) in [7, 11) is 0. The van der Waals surface area contributed by atoms with Crippen LogP contribution in [0, 0.1) is 0 Å². The van der Waals surface area contributed by atoms with Crippen LogP contribution in [0.3, 0.4) is 0 Å². The van der Waals surface area contributed by atoms with Crippen LogP contribution in [-0.2, 0) is 4.79 Å². The third kappa shape index (κ3) is 3.73. The highest BCUT2D eigenvalue weighted by Gasteiger charge is 2.31. The number of hydrogen-bond acceptors (Lipinski definition) is 2. The molecule has 2 N–H and O–H groups in total. The lowest BCUT2D eigenvalue weighted by Gasteiger charge is -2.22. The summed E-state index contributed by atoms with van der Waals surface area (Å²) in [6.45, 7) is 6.27. The second-order valence-corrected chi connectivity index (χ2v) is 6.09. The highest BCUT2D eigenvalue weighted by atomic mass is 16.2. The van der Waals surface area contributed by atoms with Gasteiger partial charge in [-0.25, -0.2) is 4.79 Å². The molecule has 0 saturated carbocycles. The lowest BCUT2D eigenvalue weighted by Crippen LogP contribution is -2.50. The van der Waals surface area contributed by atoms with Gasteiger partial charge in [0.05, 0.1) is 6.04 Å². The molecule has 1 aliphatic rings. The van der Waals surface area contributed by atoms with Gasteiger partial charge in [-0.15, -0.1) is 0 Å². The van der Waals surface area contributed by atoms with Crippen LogP contribution < -0.4 is 15.5 Å². The van der Waals surface area contributed by atoms with E-state index in [4.69, 9.17) is 0 Å². The second kappa shape index (κ2) is 5.53. The van der Waals surface area contributed by atoms with Gasteiger partial charge in [-0.1, -0.05) is 18.2 Å². The van der Waals surface area contributed by atoms with Crippen molar-refractivity contribution in [3.05, 3.63) is 30.3 Å². The molecule has 1 fully saturated rings. The number of urea groups is 1. The number of hydrogen-bond donors (Lipinski definition) is 2. The maximum Gasteiger partial charge on any atom is 0.315 e. The highest BCUT2D eigenvalue weighted by molar-refractivity contribution is 5.96. The summed E-state index contributed by atoms with van der Waals surface area (Å²) in [4.78, 5) is 25.5. The summed E-state index contributed by atoms with van der Waals surface area (Å²) in [5.74, 6) is 0.0391. The summed E-state index contributed by atoms with van der Waals surface area (Å²) in [5.41, 5.74) is 0.587.